The summed E-state index contributed by atoms with van der Waals surface area (Å²) in [5, 5.41) is 11.0. The summed E-state index contributed by atoms with van der Waals surface area (Å²) < 4.78 is 12.4. The van der Waals surface area contributed by atoms with Crippen molar-refractivity contribution in [1.82, 2.24) is 4.90 Å². The first-order valence-corrected chi connectivity index (χ1v) is 13.8. The molecule has 2 amide bonds. The number of aliphatic hydroxyl groups is 1. The normalized spacial score (nSPS) is 35.3. The molecule has 1 spiro atoms. The maximum Gasteiger partial charge on any atom is 0.313 e. The van der Waals surface area contributed by atoms with Gasteiger partial charge in [-0.2, -0.15) is 0 Å². The minimum atomic E-state index is -1.40. The van der Waals surface area contributed by atoms with Gasteiger partial charge in [-0.1, -0.05) is 56.2 Å². The summed E-state index contributed by atoms with van der Waals surface area (Å²) in [5.74, 6) is -3.21. The number of carbonyl (C=O) groups is 3. The van der Waals surface area contributed by atoms with Gasteiger partial charge >= 0.3 is 5.97 Å². The van der Waals surface area contributed by atoms with Crippen molar-refractivity contribution in [2.75, 3.05) is 24.7 Å². The highest BCUT2D eigenvalue weighted by Crippen LogP contribution is 2.58. The third-order valence-corrected chi connectivity index (χ3v) is 8.92. The Kier molecular flexibility index (Phi) is 7.18. The Bertz CT molecular complexity index is 1170. The number of amides is 2. The van der Waals surface area contributed by atoms with Crippen molar-refractivity contribution in [3.63, 3.8) is 0 Å². The lowest BCUT2D eigenvalue weighted by Gasteiger charge is -2.41. The van der Waals surface area contributed by atoms with Crippen molar-refractivity contribution in [1.29, 1.82) is 0 Å². The van der Waals surface area contributed by atoms with E-state index in [0.29, 0.717) is 30.0 Å². The van der Waals surface area contributed by atoms with Crippen LogP contribution in [-0.4, -0.2) is 70.8 Å². The molecule has 0 aliphatic carbocycles. The van der Waals surface area contributed by atoms with Gasteiger partial charge in [-0.05, 0) is 49.9 Å². The van der Waals surface area contributed by atoms with Crippen LogP contribution in [0.4, 0.5) is 5.69 Å². The minimum Gasteiger partial charge on any atom is -0.465 e. The number of nitrogens with zero attached hydrogens (tertiary/aromatic N) is 2. The summed E-state index contributed by atoms with van der Waals surface area (Å²) >= 11 is 6.10. The summed E-state index contributed by atoms with van der Waals surface area (Å²) in [5.41, 5.74) is -1.91. The summed E-state index contributed by atoms with van der Waals surface area (Å²) in [7, 11) is 0. The van der Waals surface area contributed by atoms with E-state index in [1.54, 1.807) is 42.2 Å². The molecule has 2 saturated heterocycles. The van der Waals surface area contributed by atoms with E-state index in [1.165, 1.54) is 4.90 Å². The van der Waals surface area contributed by atoms with Crippen molar-refractivity contribution >= 4 is 35.1 Å². The van der Waals surface area contributed by atoms with Crippen LogP contribution in [0.2, 0.25) is 5.02 Å². The molecule has 1 unspecified atom stereocenters. The SMILES string of the molecule is CC[C@H](C)[C@H](CO)N1C(=O)[C@@H]2[C@H]3C(=O)OCCC/C=C\[C@@]3(C)O[C@@]23C=CCN(c2ccc(Cl)cc2)C(=O)C13. The number of carbonyl (C=O) groups excluding carboxylic acids is 3. The van der Waals surface area contributed by atoms with Gasteiger partial charge in [0.2, 0.25) is 5.91 Å². The van der Waals surface area contributed by atoms with Crippen molar-refractivity contribution < 1.29 is 29.0 Å². The van der Waals surface area contributed by atoms with Crippen molar-refractivity contribution in [3.05, 3.63) is 53.6 Å². The lowest BCUT2D eigenvalue weighted by Crippen LogP contribution is -2.60. The monoisotopic (exact) mass is 542 g/mol. The Morgan fingerprint density at radius 1 is 1.11 bits per heavy atom. The fourth-order valence-corrected chi connectivity index (χ4v) is 6.72. The minimum absolute atomic E-state index is 0.0948. The van der Waals surface area contributed by atoms with Crippen LogP contribution in [0.1, 0.15) is 40.0 Å². The van der Waals surface area contributed by atoms with Crippen molar-refractivity contribution in [2.24, 2.45) is 17.8 Å². The van der Waals surface area contributed by atoms with Crippen LogP contribution >= 0.6 is 11.6 Å². The van der Waals surface area contributed by atoms with Crippen LogP contribution in [0.5, 0.6) is 0 Å². The van der Waals surface area contributed by atoms with E-state index in [0.717, 1.165) is 0 Å². The molecule has 38 heavy (non-hydrogen) atoms. The predicted molar refractivity (Wildman–Crippen MR) is 142 cm³/mol. The van der Waals surface area contributed by atoms with Gasteiger partial charge in [0.05, 0.1) is 30.8 Å². The average molecular weight is 543 g/mol. The fourth-order valence-electron chi connectivity index (χ4n) is 6.60. The van der Waals surface area contributed by atoms with Crippen LogP contribution in [0.15, 0.2) is 48.6 Å². The van der Waals surface area contributed by atoms with E-state index in [4.69, 9.17) is 21.1 Å². The van der Waals surface area contributed by atoms with Gasteiger partial charge < -0.3 is 24.4 Å². The molecule has 7 atom stereocenters. The predicted octanol–water partition coefficient (Wildman–Crippen LogP) is 3.51. The van der Waals surface area contributed by atoms with E-state index in [-0.39, 0.29) is 37.5 Å². The third-order valence-electron chi connectivity index (χ3n) is 8.67. The first-order chi connectivity index (χ1) is 18.2. The van der Waals surface area contributed by atoms with Gasteiger partial charge in [-0.25, -0.2) is 0 Å². The molecule has 1 N–H and O–H groups in total. The molecule has 4 aliphatic heterocycles. The van der Waals surface area contributed by atoms with E-state index in [2.05, 4.69) is 0 Å². The molecule has 1 aromatic rings. The zero-order valence-corrected chi connectivity index (χ0v) is 22.8. The second kappa shape index (κ2) is 10.1. The molecule has 0 radical (unpaired) electrons. The van der Waals surface area contributed by atoms with Crippen molar-refractivity contribution in [2.45, 2.75) is 63.3 Å². The Balaban J connectivity index is 1.69. The number of rotatable bonds is 5. The van der Waals surface area contributed by atoms with Crippen LogP contribution in [0, 0.1) is 17.8 Å². The second-order valence-electron chi connectivity index (χ2n) is 10.9. The number of allylic oxidation sites excluding steroid dienone is 1. The summed E-state index contributed by atoms with van der Waals surface area (Å²) in [6.45, 7) is 5.91. The number of anilines is 1. The zero-order chi connectivity index (χ0) is 27.2. The summed E-state index contributed by atoms with van der Waals surface area (Å²) in [6.07, 6.45) is 9.52. The molecule has 5 rings (SSSR count). The molecular formula is C29H35ClN2O6. The first-order valence-electron chi connectivity index (χ1n) is 13.4. The molecule has 0 bridgehead atoms. The maximum absolute atomic E-state index is 14.5. The molecular weight excluding hydrogens is 508 g/mol. The zero-order valence-electron chi connectivity index (χ0n) is 22.0. The fraction of sp³-hybridized carbons (Fsp3) is 0.552. The lowest BCUT2D eigenvalue weighted by molar-refractivity contribution is -0.160. The highest BCUT2D eigenvalue weighted by atomic mass is 35.5. The molecule has 8 nitrogen and oxygen atoms in total. The highest BCUT2D eigenvalue weighted by molar-refractivity contribution is 6.30. The Morgan fingerprint density at radius 3 is 2.53 bits per heavy atom. The van der Waals surface area contributed by atoms with Gasteiger partial charge in [-0.15, -0.1) is 0 Å². The maximum atomic E-state index is 14.5. The number of esters is 1. The van der Waals surface area contributed by atoms with Gasteiger partial charge in [-0.3, -0.25) is 14.4 Å². The van der Waals surface area contributed by atoms with E-state index in [1.807, 2.05) is 32.1 Å². The number of ether oxygens (including phenoxy) is 2. The molecule has 4 aliphatic rings. The van der Waals surface area contributed by atoms with Gasteiger partial charge in [0.15, 0.2) is 0 Å². The number of hydrogen-bond donors (Lipinski definition) is 1. The van der Waals surface area contributed by atoms with E-state index < -0.39 is 41.1 Å². The number of likely N-dealkylation sites (tertiary alicyclic amines) is 1. The number of fused-ring (bicyclic) bond motifs is 2. The second-order valence-corrected chi connectivity index (χ2v) is 11.4. The van der Waals surface area contributed by atoms with Gasteiger partial charge in [0.1, 0.15) is 17.6 Å². The largest absolute Gasteiger partial charge is 0.465 e. The molecule has 0 aromatic heterocycles. The molecule has 9 heteroatoms. The average Bonchev–Trinajstić information content (AvgIpc) is 3.24. The highest BCUT2D eigenvalue weighted by Gasteiger charge is 2.75. The smallest absolute Gasteiger partial charge is 0.313 e. The Morgan fingerprint density at radius 2 is 1.84 bits per heavy atom. The molecule has 1 aromatic carbocycles. The van der Waals surface area contributed by atoms with Crippen LogP contribution in [0.25, 0.3) is 0 Å². The number of aliphatic hydroxyl groups excluding tert-OH is 1. The molecule has 204 valence electrons. The number of cyclic esters (lactones) is 1. The number of benzene rings is 1. The molecule has 2 fully saturated rings. The summed E-state index contributed by atoms with van der Waals surface area (Å²) in [4.78, 5) is 45.5. The topological polar surface area (TPSA) is 96.4 Å². The first kappa shape index (κ1) is 26.9. The Labute approximate surface area is 228 Å². The van der Waals surface area contributed by atoms with Crippen LogP contribution < -0.4 is 4.90 Å². The quantitative estimate of drug-likeness (QED) is 0.452. The number of hydrogen-bond acceptors (Lipinski definition) is 6. The van der Waals surface area contributed by atoms with Crippen LogP contribution in [0.3, 0.4) is 0 Å². The number of halogens is 1. The third kappa shape index (κ3) is 4.08. The van der Waals surface area contributed by atoms with Gasteiger partial charge in [0, 0.05) is 17.3 Å². The Hall–Kier alpha value is -2.68. The van der Waals surface area contributed by atoms with Crippen molar-refractivity contribution in [3.8, 4) is 0 Å². The standard InChI is InChI=1S/C29H35ClN2O6/c1-4-18(2)21(17-33)32-24-26(35)31(20-11-9-19(30)10-12-20)15-8-14-29(24)22(25(32)34)23-27(36)37-16-7-5-6-13-28(23,3)38-29/h6,8-14,18,21-24,33H,4-5,7,15-17H2,1-3H3/b13-6-/t18-,21-,22-,23-,24?,28+,29-/m0/s1. The summed E-state index contributed by atoms with van der Waals surface area (Å²) in [6, 6.07) is 5.25. The van der Waals surface area contributed by atoms with E-state index in [9.17, 15) is 19.5 Å². The van der Waals surface area contributed by atoms with Gasteiger partial charge in [0.25, 0.3) is 5.91 Å². The van der Waals surface area contributed by atoms with Crippen LogP contribution in [-0.2, 0) is 23.9 Å². The molecule has 4 heterocycles. The van der Waals surface area contributed by atoms with E-state index >= 15 is 0 Å². The lowest BCUT2D eigenvalue weighted by atomic mass is 9.74. The molecule has 0 saturated carbocycles.